The van der Waals surface area contributed by atoms with E-state index in [0.29, 0.717) is 25.6 Å². The van der Waals surface area contributed by atoms with Gasteiger partial charge in [-0.2, -0.15) is 0 Å². The summed E-state index contributed by atoms with van der Waals surface area (Å²) in [6.45, 7) is 1.43. The van der Waals surface area contributed by atoms with Gasteiger partial charge in [-0.1, -0.05) is 18.2 Å². The first-order chi connectivity index (χ1) is 8.27. The van der Waals surface area contributed by atoms with Gasteiger partial charge in [-0.05, 0) is 6.07 Å². The minimum absolute atomic E-state index is 0.385. The Hall–Kier alpha value is -1.59. The molecule has 5 nitrogen and oxygen atoms in total. The predicted molar refractivity (Wildman–Crippen MR) is 63.1 cm³/mol. The quantitative estimate of drug-likeness (QED) is 0.765. The van der Waals surface area contributed by atoms with Crippen molar-refractivity contribution in [2.24, 2.45) is 0 Å². The highest BCUT2D eigenvalue weighted by Gasteiger charge is 2.06. The Kier molecular flexibility index (Phi) is 6.06. The lowest BCUT2D eigenvalue weighted by Gasteiger charge is -2.09. The van der Waals surface area contributed by atoms with Crippen molar-refractivity contribution in [3.63, 3.8) is 0 Å². The monoisotopic (exact) mass is 239 g/mol. The maximum atomic E-state index is 11.1. The van der Waals surface area contributed by atoms with Gasteiger partial charge in [0.2, 0.25) is 0 Å². The summed E-state index contributed by atoms with van der Waals surface area (Å²) in [7, 11) is 3.13. The average molecular weight is 239 g/mol. The summed E-state index contributed by atoms with van der Waals surface area (Å²) in [5.74, 6) is 0.504. The van der Waals surface area contributed by atoms with Crippen LogP contribution < -0.4 is 10.1 Å². The first-order valence-corrected chi connectivity index (χ1v) is 5.32. The molecule has 0 bridgehead atoms. The van der Waals surface area contributed by atoms with Gasteiger partial charge >= 0.3 is 6.09 Å². The Balaban J connectivity index is 2.54. The van der Waals surface area contributed by atoms with Crippen molar-refractivity contribution in [2.75, 3.05) is 27.4 Å². The number of methoxy groups -OCH3 is 1. The molecule has 0 aliphatic heterocycles. The smallest absolute Gasteiger partial charge is 0.410 e. The van der Waals surface area contributed by atoms with Crippen LogP contribution in [0.15, 0.2) is 24.3 Å². The van der Waals surface area contributed by atoms with Crippen LogP contribution in [-0.4, -0.2) is 33.5 Å². The molecular formula is C12H17NO4. The Bertz CT molecular complexity index is 354. The second kappa shape index (κ2) is 7.65. The van der Waals surface area contributed by atoms with Crippen molar-refractivity contribution in [2.45, 2.75) is 6.61 Å². The van der Waals surface area contributed by atoms with Crippen LogP contribution in [0.2, 0.25) is 0 Å². The van der Waals surface area contributed by atoms with Crippen LogP contribution in [0.5, 0.6) is 5.75 Å². The molecule has 0 heterocycles. The zero-order valence-corrected chi connectivity index (χ0v) is 10.1. The van der Waals surface area contributed by atoms with Crippen molar-refractivity contribution in [1.82, 2.24) is 5.32 Å². The molecule has 5 heteroatoms. The van der Waals surface area contributed by atoms with Gasteiger partial charge in [0.25, 0.3) is 0 Å². The van der Waals surface area contributed by atoms with Crippen molar-refractivity contribution in [3.05, 3.63) is 29.8 Å². The van der Waals surface area contributed by atoms with Gasteiger partial charge in [-0.3, -0.25) is 0 Å². The average Bonchev–Trinajstić information content (AvgIpc) is 2.36. The van der Waals surface area contributed by atoms with E-state index in [-0.39, 0.29) is 0 Å². The SMILES string of the molecule is CNC(=O)Oc1ccccc1COCCOC. The van der Waals surface area contributed by atoms with Crippen molar-refractivity contribution in [3.8, 4) is 5.75 Å². The van der Waals surface area contributed by atoms with E-state index in [2.05, 4.69) is 5.32 Å². The maximum Gasteiger partial charge on any atom is 0.412 e. The molecule has 0 spiro atoms. The lowest BCUT2D eigenvalue weighted by molar-refractivity contribution is 0.0608. The molecule has 1 aromatic carbocycles. The van der Waals surface area contributed by atoms with Gasteiger partial charge in [0.15, 0.2) is 0 Å². The Morgan fingerprint density at radius 2 is 2.06 bits per heavy atom. The fraction of sp³-hybridized carbons (Fsp3) is 0.417. The summed E-state index contributed by atoms with van der Waals surface area (Å²) in [6.07, 6.45) is -0.491. The number of hydrogen-bond acceptors (Lipinski definition) is 4. The summed E-state index contributed by atoms with van der Waals surface area (Å²) >= 11 is 0. The van der Waals surface area contributed by atoms with Gasteiger partial charge in [0.05, 0.1) is 19.8 Å². The largest absolute Gasteiger partial charge is 0.412 e. The fourth-order valence-corrected chi connectivity index (χ4v) is 1.20. The van der Waals surface area contributed by atoms with E-state index in [1.807, 2.05) is 12.1 Å². The van der Waals surface area contributed by atoms with E-state index in [4.69, 9.17) is 14.2 Å². The second-order valence-electron chi connectivity index (χ2n) is 3.29. The number of rotatable bonds is 6. The number of hydrogen-bond donors (Lipinski definition) is 1. The maximum absolute atomic E-state index is 11.1. The Morgan fingerprint density at radius 3 is 2.76 bits per heavy atom. The van der Waals surface area contributed by atoms with Crippen LogP contribution >= 0.6 is 0 Å². The highest BCUT2D eigenvalue weighted by atomic mass is 16.6. The number of nitrogens with one attached hydrogen (secondary N) is 1. The first kappa shape index (κ1) is 13.5. The number of amides is 1. The van der Waals surface area contributed by atoms with E-state index < -0.39 is 6.09 Å². The van der Waals surface area contributed by atoms with Crippen LogP contribution in [-0.2, 0) is 16.1 Å². The number of ether oxygens (including phenoxy) is 3. The standard InChI is InChI=1S/C12H17NO4/c1-13-12(14)17-11-6-4-3-5-10(11)9-16-8-7-15-2/h3-6H,7-9H2,1-2H3,(H,13,14). The normalized spacial score (nSPS) is 10.0. The van der Waals surface area contributed by atoms with Crippen molar-refractivity contribution >= 4 is 6.09 Å². The van der Waals surface area contributed by atoms with E-state index >= 15 is 0 Å². The lowest BCUT2D eigenvalue weighted by atomic mass is 10.2. The number of benzene rings is 1. The molecule has 0 saturated heterocycles. The third-order valence-electron chi connectivity index (χ3n) is 2.07. The molecule has 0 radical (unpaired) electrons. The second-order valence-corrected chi connectivity index (χ2v) is 3.29. The number of carbonyl (C=O) groups excluding carboxylic acids is 1. The third kappa shape index (κ3) is 4.84. The molecule has 1 N–H and O–H groups in total. The summed E-state index contributed by atoms with van der Waals surface area (Å²) in [5, 5.41) is 2.40. The molecule has 0 aliphatic carbocycles. The Morgan fingerprint density at radius 1 is 1.29 bits per heavy atom. The molecular weight excluding hydrogens is 222 g/mol. The molecule has 0 aliphatic rings. The molecule has 1 aromatic rings. The van der Waals surface area contributed by atoms with E-state index in [0.717, 1.165) is 5.56 Å². The molecule has 1 amide bonds. The topological polar surface area (TPSA) is 56.8 Å². The summed E-state index contributed by atoms with van der Waals surface area (Å²) < 4.78 is 15.3. The number of para-hydroxylation sites is 1. The summed E-state index contributed by atoms with van der Waals surface area (Å²) in [6, 6.07) is 7.25. The van der Waals surface area contributed by atoms with E-state index in [1.54, 1.807) is 19.2 Å². The van der Waals surface area contributed by atoms with Crippen LogP contribution in [0.1, 0.15) is 5.56 Å². The van der Waals surface area contributed by atoms with Crippen LogP contribution in [0, 0.1) is 0 Å². The third-order valence-corrected chi connectivity index (χ3v) is 2.07. The van der Waals surface area contributed by atoms with Gasteiger partial charge in [-0.25, -0.2) is 4.79 Å². The molecule has 0 atom stereocenters. The lowest BCUT2D eigenvalue weighted by Crippen LogP contribution is -2.22. The highest BCUT2D eigenvalue weighted by molar-refractivity contribution is 5.70. The van der Waals surface area contributed by atoms with Gasteiger partial charge in [0.1, 0.15) is 5.75 Å². The molecule has 0 fully saturated rings. The first-order valence-electron chi connectivity index (χ1n) is 5.32. The summed E-state index contributed by atoms with van der Waals surface area (Å²) in [5.41, 5.74) is 0.826. The molecule has 0 saturated carbocycles. The van der Waals surface area contributed by atoms with Gasteiger partial charge in [0, 0.05) is 19.7 Å². The molecule has 0 aromatic heterocycles. The fourth-order valence-electron chi connectivity index (χ4n) is 1.20. The van der Waals surface area contributed by atoms with Crippen molar-refractivity contribution in [1.29, 1.82) is 0 Å². The summed E-state index contributed by atoms with van der Waals surface area (Å²) in [4.78, 5) is 11.1. The van der Waals surface area contributed by atoms with Crippen LogP contribution in [0.3, 0.4) is 0 Å². The van der Waals surface area contributed by atoms with Crippen molar-refractivity contribution < 1.29 is 19.0 Å². The van der Waals surface area contributed by atoms with E-state index in [9.17, 15) is 4.79 Å². The highest BCUT2D eigenvalue weighted by Crippen LogP contribution is 2.18. The molecule has 17 heavy (non-hydrogen) atoms. The zero-order chi connectivity index (χ0) is 12.5. The predicted octanol–water partition coefficient (Wildman–Crippen LogP) is 1.57. The van der Waals surface area contributed by atoms with Crippen LogP contribution in [0.4, 0.5) is 4.79 Å². The molecule has 0 unspecified atom stereocenters. The van der Waals surface area contributed by atoms with Crippen LogP contribution in [0.25, 0.3) is 0 Å². The minimum atomic E-state index is -0.491. The number of carbonyl (C=O) groups is 1. The zero-order valence-electron chi connectivity index (χ0n) is 10.1. The minimum Gasteiger partial charge on any atom is -0.410 e. The molecule has 1 rings (SSSR count). The van der Waals surface area contributed by atoms with E-state index in [1.165, 1.54) is 7.05 Å². The molecule has 94 valence electrons. The van der Waals surface area contributed by atoms with Gasteiger partial charge in [-0.15, -0.1) is 0 Å². The Labute approximate surface area is 101 Å². The van der Waals surface area contributed by atoms with Gasteiger partial charge < -0.3 is 19.5 Å².